The average molecular weight is 291 g/mol. The Morgan fingerprint density at radius 3 is 2.47 bits per heavy atom. The Morgan fingerprint density at radius 1 is 1.40 bits per heavy atom. The van der Waals surface area contributed by atoms with Crippen LogP contribution in [0.25, 0.3) is 0 Å². The summed E-state index contributed by atoms with van der Waals surface area (Å²) in [5.74, 6) is 0. The summed E-state index contributed by atoms with van der Waals surface area (Å²) < 4.78 is 23.8. The van der Waals surface area contributed by atoms with E-state index in [1.807, 2.05) is 0 Å². The molecule has 0 aromatic heterocycles. The van der Waals surface area contributed by atoms with Crippen molar-refractivity contribution < 1.29 is 13.5 Å². The summed E-state index contributed by atoms with van der Waals surface area (Å²) in [5, 5.41) is 10.0. The minimum atomic E-state index is -3.29. The Hall–Kier alpha value is -0.390. The lowest BCUT2D eigenvalue weighted by molar-refractivity contribution is 0.147. The number of benzene rings is 1. The molecule has 1 aliphatic rings. The van der Waals surface area contributed by atoms with Crippen LogP contribution >= 0.6 is 15.9 Å². The van der Waals surface area contributed by atoms with Gasteiger partial charge in [0.05, 0.1) is 10.5 Å². The SMILES string of the molecule is CS(=O)(=O)c1cccc(Br)c1C1(O)CC1. The van der Waals surface area contributed by atoms with Crippen LogP contribution in [-0.4, -0.2) is 19.8 Å². The molecule has 0 saturated heterocycles. The molecule has 1 aromatic rings. The van der Waals surface area contributed by atoms with E-state index in [2.05, 4.69) is 15.9 Å². The maximum absolute atomic E-state index is 11.5. The molecule has 0 unspecified atom stereocenters. The van der Waals surface area contributed by atoms with E-state index >= 15 is 0 Å². The van der Waals surface area contributed by atoms with Crippen molar-refractivity contribution in [2.45, 2.75) is 23.3 Å². The van der Waals surface area contributed by atoms with Crippen LogP contribution in [-0.2, 0) is 15.4 Å². The number of hydrogen-bond acceptors (Lipinski definition) is 3. The van der Waals surface area contributed by atoms with E-state index < -0.39 is 15.4 Å². The Morgan fingerprint density at radius 2 is 2.00 bits per heavy atom. The van der Waals surface area contributed by atoms with E-state index in [1.54, 1.807) is 12.1 Å². The van der Waals surface area contributed by atoms with E-state index in [1.165, 1.54) is 6.07 Å². The zero-order valence-corrected chi connectivity index (χ0v) is 10.6. The summed E-state index contributed by atoms with van der Waals surface area (Å²) >= 11 is 3.29. The van der Waals surface area contributed by atoms with Gasteiger partial charge in [-0.1, -0.05) is 22.0 Å². The number of aliphatic hydroxyl groups is 1. The van der Waals surface area contributed by atoms with Gasteiger partial charge in [-0.05, 0) is 25.0 Å². The Kier molecular flexibility index (Phi) is 2.44. The fraction of sp³-hybridized carbons (Fsp3) is 0.400. The van der Waals surface area contributed by atoms with Crippen molar-refractivity contribution in [1.82, 2.24) is 0 Å². The van der Waals surface area contributed by atoms with Gasteiger partial charge in [0.15, 0.2) is 9.84 Å². The number of hydrogen-bond donors (Lipinski definition) is 1. The Labute approximate surface area is 97.2 Å². The molecule has 1 fully saturated rings. The highest BCUT2D eigenvalue weighted by Gasteiger charge is 2.46. The molecule has 0 radical (unpaired) electrons. The molecule has 1 N–H and O–H groups in total. The molecule has 1 saturated carbocycles. The quantitative estimate of drug-likeness (QED) is 0.904. The minimum Gasteiger partial charge on any atom is -0.385 e. The van der Waals surface area contributed by atoms with Crippen LogP contribution in [0.3, 0.4) is 0 Å². The van der Waals surface area contributed by atoms with E-state index in [4.69, 9.17) is 0 Å². The van der Waals surface area contributed by atoms with Gasteiger partial charge in [0, 0.05) is 16.3 Å². The molecule has 3 nitrogen and oxygen atoms in total. The molecule has 0 aliphatic heterocycles. The van der Waals surface area contributed by atoms with Gasteiger partial charge in [-0.2, -0.15) is 0 Å². The smallest absolute Gasteiger partial charge is 0.175 e. The van der Waals surface area contributed by atoms with Gasteiger partial charge in [-0.15, -0.1) is 0 Å². The van der Waals surface area contributed by atoms with E-state index in [9.17, 15) is 13.5 Å². The Bertz CT molecular complexity index is 503. The maximum Gasteiger partial charge on any atom is 0.175 e. The third kappa shape index (κ3) is 1.96. The van der Waals surface area contributed by atoms with Crippen LogP contribution in [0.2, 0.25) is 0 Å². The van der Waals surface area contributed by atoms with Crippen molar-refractivity contribution in [3.8, 4) is 0 Å². The molecule has 1 aliphatic carbocycles. The number of halogens is 1. The summed E-state index contributed by atoms with van der Waals surface area (Å²) in [4.78, 5) is 0.219. The molecule has 82 valence electrons. The first-order chi connectivity index (χ1) is 6.84. The molecule has 0 atom stereocenters. The van der Waals surface area contributed by atoms with Crippen molar-refractivity contribution in [3.63, 3.8) is 0 Å². The predicted octanol–water partition coefficient (Wildman–Crippen LogP) is 1.83. The van der Waals surface area contributed by atoms with Gasteiger partial charge >= 0.3 is 0 Å². The van der Waals surface area contributed by atoms with E-state index in [-0.39, 0.29) is 4.90 Å². The van der Waals surface area contributed by atoms with Crippen molar-refractivity contribution in [3.05, 3.63) is 28.2 Å². The second-order valence-corrected chi connectivity index (χ2v) is 6.76. The highest BCUT2D eigenvalue weighted by atomic mass is 79.9. The molecular weight excluding hydrogens is 280 g/mol. The minimum absolute atomic E-state index is 0.219. The van der Waals surface area contributed by atoms with E-state index in [0.717, 1.165) is 6.26 Å². The van der Waals surface area contributed by atoms with Crippen LogP contribution in [0.1, 0.15) is 18.4 Å². The molecule has 15 heavy (non-hydrogen) atoms. The van der Waals surface area contributed by atoms with Gasteiger partial charge in [-0.25, -0.2) is 8.42 Å². The summed E-state index contributed by atoms with van der Waals surface area (Å²) in [5.41, 5.74) is -0.439. The predicted molar refractivity (Wildman–Crippen MR) is 60.4 cm³/mol. The van der Waals surface area contributed by atoms with Gasteiger partial charge < -0.3 is 5.11 Å². The number of sulfone groups is 1. The lowest BCUT2D eigenvalue weighted by Gasteiger charge is -2.14. The standard InChI is InChI=1S/C10H11BrO3S/c1-15(13,14)8-4-2-3-7(11)9(8)10(12)5-6-10/h2-4,12H,5-6H2,1H3. The molecule has 0 amide bonds. The number of rotatable bonds is 2. The third-order valence-corrected chi connectivity index (χ3v) is 4.36. The topological polar surface area (TPSA) is 54.4 Å². The molecule has 0 bridgehead atoms. The van der Waals surface area contributed by atoms with Crippen molar-refractivity contribution in [1.29, 1.82) is 0 Å². The first-order valence-corrected chi connectivity index (χ1v) is 7.24. The van der Waals surface area contributed by atoms with Crippen LogP contribution in [0.4, 0.5) is 0 Å². The monoisotopic (exact) mass is 290 g/mol. The van der Waals surface area contributed by atoms with E-state index in [0.29, 0.717) is 22.9 Å². The Balaban J connectivity index is 2.71. The van der Waals surface area contributed by atoms with Gasteiger partial charge in [0.25, 0.3) is 0 Å². The summed E-state index contributed by atoms with van der Waals surface area (Å²) in [6.45, 7) is 0. The van der Waals surface area contributed by atoms with Crippen molar-refractivity contribution >= 4 is 25.8 Å². The van der Waals surface area contributed by atoms with Crippen molar-refractivity contribution in [2.24, 2.45) is 0 Å². The van der Waals surface area contributed by atoms with Gasteiger partial charge in [0.2, 0.25) is 0 Å². The molecular formula is C10H11BrO3S. The normalized spacial score (nSPS) is 18.9. The summed E-state index contributed by atoms with van der Waals surface area (Å²) in [6.07, 6.45) is 2.40. The molecule has 0 spiro atoms. The fourth-order valence-electron chi connectivity index (χ4n) is 1.63. The summed E-state index contributed by atoms with van der Waals surface area (Å²) in [6, 6.07) is 4.95. The van der Waals surface area contributed by atoms with Crippen LogP contribution < -0.4 is 0 Å². The van der Waals surface area contributed by atoms with Crippen LogP contribution in [0, 0.1) is 0 Å². The zero-order chi connectivity index (χ0) is 11.3. The fourth-order valence-corrected chi connectivity index (χ4v) is 3.50. The average Bonchev–Trinajstić information content (AvgIpc) is 2.82. The highest BCUT2D eigenvalue weighted by Crippen LogP contribution is 2.50. The first-order valence-electron chi connectivity index (χ1n) is 4.56. The van der Waals surface area contributed by atoms with Gasteiger partial charge in [-0.3, -0.25) is 0 Å². The maximum atomic E-state index is 11.5. The largest absolute Gasteiger partial charge is 0.385 e. The van der Waals surface area contributed by atoms with Crippen molar-refractivity contribution in [2.75, 3.05) is 6.26 Å². The zero-order valence-electron chi connectivity index (χ0n) is 8.20. The molecule has 5 heteroatoms. The lowest BCUT2D eigenvalue weighted by atomic mass is 10.1. The lowest BCUT2D eigenvalue weighted by Crippen LogP contribution is -2.12. The summed E-state index contributed by atoms with van der Waals surface area (Å²) in [7, 11) is -3.29. The highest BCUT2D eigenvalue weighted by molar-refractivity contribution is 9.10. The second-order valence-electron chi connectivity index (χ2n) is 3.92. The first kappa shape index (κ1) is 11.1. The van der Waals surface area contributed by atoms with Crippen LogP contribution in [0.15, 0.2) is 27.6 Å². The third-order valence-electron chi connectivity index (χ3n) is 2.56. The molecule has 1 aromatic carbocycles. The van der Waals surface area contributed by atoms with Crippen LogP contribution in [0.5, 0.6) is 0 Å². The van der Waals surface area contributed by atoms with Gasteiger partial charge in [0.1, 0.15) is 0 Å². The molecule has 0 heterocycles. The molecule has 2 rings (SSSR count). The second kappa shape index (κ2) is 3.30.